The fourth-order valence-corrected chi connectivity index (χ4v) is 4.97. The average Bonchev–Trinajstić information content (AvgIpc) is 2.71. The van der Waals surface area contributed by atoms with Gasteiger partial charge < -0.3 is 0 Å². The molecule has 1 nitrogen and oxygen atoms in total. The number of hydrogen-bond donors (Lipinski definition) is 0. The van der Waals surface area contributed by atoms with Crippen LogP contribution in [0.15, 0.2) is 76.0 Å². The quantitative estimate of drug-likeness (QED) is 0.267. The van der Waals surface area contributed by atoms with Gasteiger partial charge in [0.2, 0.25) is 0 Å². The Labute approximate surface area is 170 Å². The summed E-state index contributed by atoms with van der Waals surface area (Å²) < 4.78 is 13.0. The number of nitrogens with zero attached hydrogens (tertiary/aromatic N) is 1. The van der Waals surface area contributed by atoms with Crippen LogP contribution in [0.4, 0.5) is 10.1 Å². The second-order valence-corrected chi connectivity index (χ2v) is 8.90. The molecule has 1 aliphatic carbocycles. The van der Waals surface area contributed by atoms with E-state index in [1.165, 1.54) is 50.7 Å². The summed E-state index contributed by atoms with van der Waals surface area (Å²) in [5.74, 6) is 1.80. The lowest BCUT2D eigenvalue weighted by Gasteiger charge is -2.20. The number of halogens is 1. The lowest BCUT2D eigenvalue weighted by atomic mass is 9.88. The van der Waals surface area contributed by atoms with Crippen molar-refractivity contribution in [2.45, 2.75) is 43.4 Å². The monoisotopic (exact) mass is 399 g/mol. The van der Waals surface area contributed by atoms with Crippen molar-refractivity contribution in [3.63, 3.8) is 0 Å². The van der Waals surface area contributed by atoms with Crippen molar-refractivity contribution in [3.05, 3.63) is 71.9 Å². The number of rotatable bonds is 7. The van der Waals surface area contributed by atoms with Gasteiger partial charge in [0.1, 0.15) is 5.82 Å². The van der Waals surface area contributed by atoms with Gasteiger partial charge in [-0.1, -0.05) is 62.1 Å². The maximum Gasteiger partial charge on any atom is 0.123 e. The molecule has 2 aromatic rings. The van der Waals surface area contributed by atoms with Gasteiger partial charge in [0.15, 0.2) is 0 Å². The number of benzene rings is 2. The van der Waals surface area contributed by atoms with Crippen molar-refractivity contribution in [1.82, 2.24) is 0 Å². The molecule has 0 spiro atoms. The topological polar surface area (TPSA) is 12.4 Å². The van der Waals surface area contributed by atoms with Gasteiger partial charge in [-0.3, -0.25) is 0 Å². The van der Waals surface area contributed by atoms with Gasteiger partial charge in [0.25, 0.3) is 0 Å². The highest BCUT2D eigenvalue weighted by Gasteiger charge is 2.13. The summed E-state index contributed by atoms with van der Waals surface area (Å²) in [5.41, 5.74) is 0.981. The Hall–Kier alpha value is -1.52. The van der Waals surface area contributed by atoms with E-state index in [0.29, 0.717) is 0 Å². The predicted octanol–water partition coefficient (Wildman–Crippen LogP) is 7.87. The molecule has 1 fully saturated rings. The first-order valence-electron chi connectivity index (χ1n) is 9.65. The van der Waals surface area contributed by atoms with Crippen molar-refractivity contribution in [1.29, 1.82) is 0 Å². The second-order valence-electron chi connectivity index (χ2n) is 6.80. The zero-order chi connectivity index (χ0) is 18.7. The fraction of sp³-hybridized carbons (Fsp3) is 0.348. The Bertz CT molecular complexity index is 735. The average molecular weight is 400 g/mol. The molecule has 1 saturated carbocycles. The summed E-state index contributed by atoms with van der Waals surface area (Å²) in [6, 6.07) is 16.7. The molecule has 3 rings (SSSR count). The van der Waals surface area contributed by atoms with Crippen molar-refractivity contribution in [3.8, 4) is 0 Å². The summed E-state index contributed by atoms with van der Waals surface area (Å²) >= 11 is 3.43. The third kappa shape index (κ3) is 7.55. The first kappa shape index (κ1) is 20.2. The van der Waals surface area contributed by atoms with Crippen molar-refractivity contribution >= 4 is 34.3 Å². The van der Waals surface area contributed by atoms with Crippen LogP contribution >= 0.6 is 23.5 Å². The first-order chi connectivity index (χ1) is 13.3. The van der Waals surface area contributed by atoms with Crippen LogP contribution in [0, 0.1) is 11.7 Å². The molecule has 0 heterocycles. The Morgan fingerprint density at radius 1 is 1.00 bits per heavy atom. The largest absolute Gasteiger partial charge is 0.242 e. The van der Waals surface area contributed by atoms with E-state index in [0.717, 1.165) is 27.3 Å². The van der Waals surface area contributed by atoms with Crippen molar-refractivity contribution in [2.24, 2.45) is 10.9 Å². The molecule has 27 heavy (non-hydrogen) atoms. The molecule has 2 aromatic carbocycles. The third-order valence-corrected chi connectivity index (χ3v) is 6.50. The molecule has 0 amide bonds. The zero-order valence-corrected chi connectivity index (χ0v) is 17.2. The van der Waals surface area contributed by atoms with E-state index >= 15 is 0 Å². The molecule has 0 saturated heterocycles. The van der Waals surface area contributed by atoms with Crippen LogP contribution in [0.5, 0.6) is 0 Å². The van der Waals surface area contributed by atoms with E-state index < -0.39 is 0 Å². The summed E-state index contributed by atoms with van der Waals surface area (Å²) in [6.45, 7) is 0. The smallest absolute Gasteiger partial charge is 0.123 e. The molecule has 0 N–H and O–H groups in total. The van der Waals surface area contributed by atoms with Gasteiger partial charge in [-0.25, -0.2) is 9.38 Å². The van der Waals surface area contributed by atoms with E-state index in [2.05, 4.69) is 6.08 Å². The second kappa shape index (κ2) is 11.4. The van der Waals surface area contributed by atoms with E-state index in [4.69, 9.17) is 4.99 Å². The molecule has 0 unspecified atom stereocenters. The molecule has 0 atom stereocenters. The minimum Gasteiger partial charge on any atom is -0.242 e. The third-order valence-electron chi connectivity index (χ3n) is 4.72. The molecule has 4 heteroatoms. The minimum absolute atomic E-state index is 0.201. The van der Waals surface area contributed by atoms with Gasteiger partial charge >= 0.3 is 0 Å². The van der Waals surface area contributed by atoms with Gasteiger partial charge in [0.05, 0.1) is 10.7 Å². The standard InChI is InChI=1S/C23H26FNS2/c24-20-11-13-22(14-12-20)26-18-16-23(25-21-9-5-2-6-10-21)27-17-15-19-7-3-1-4-8-19/h2,5-6,9-14,16,18-19H,1,3-4,7-8,15,17H2. The summed E-state index contributed by atoms with van der Waals surface area (Å²) in [6.07, 6.45) is 10.3. The number of aliphatic imine (C=N–C) groups is 1. The maximum atomic E-state index is 13.0. The molecule has 1 aliphatic rings. The van der Waals surface area contributed by atoms with Gasteiger partial charge in [-0.15, -0.1) is 11.8 Å². The molecule has 142 valence electrons. The van der Waals surface area contributed by atoms with E-state index in [9.17, 15) is 4.39 Å². The predicted molar refractivity (Wildman–Crippen MR) is 119 cm³/mol. The molecule has 0 aromatic heterocycles. The number of para-hydroxylation sites is 1. The van der Waals surface area contributed by atoms with Crippen LogP contribution in [-0.4, -0.2) is 10.8 Å². The molecular weight excluding hydrogens is 373 g/mol. The Morgan fingerprint density at radius 3 is 2.48 bits per heavy atom. The summed E-state index contributed by atoms with van der Waals surface area (Å²) in [4.78, 5) is 5.83. The zero-order valence-electron chi connectivity index (χ0n) is 15.5. The van der Waals surface area contributed by atoms with Crippen LogP contribution in [0.2, 0.25) is 0 Å². The van der Waals surface area contributed by atoms with Crippen molar-refractivity contribution < 1.29 is 4.39 Å². The molecule has 0 bridgehead atoms. The minimum atomic E-state index is -0.201. The van der Waals surface area contributed by atoms with Crippen molar-refractivity contribution in [2.75, 3.05) is 5.75 Å². The molecule has 0 aliphatic heterocycles. The molecular formula is C23H26FNS2. The van der Waals surface area contributed by atoms with Crippen LogP contribution < -0.4 is 0 Å². The van der Waals surface area contributed by atoms with Gasteiger partial charge in [-0.2, -0.15) is 0 Å². The highest BCUT2D eigenvalue weighted by Crippen LogP contribution is 2.28. The highest BCUT2D eigenvalue weighted by molar-refractivity contribution is 8.14. The Balaban J connectivity index is 1.59. The lowest BCUT2D eigenvalue weighted by molar-refractivity contribution is 0.352. The van der Waals surface area contributed by atoms with Gasteiger partial charge in [-0.05, 0) is 66.0 Å². The SMILES string of the molecule is Fc1ccc(SC=CC(=Nc2ccccc2)SCCC2CCCCC2)cc1. The summed E-state index contributed by atoms with van der Waals surface area (Å²) in [7, 11) is 0. The van der Waals surface area contributed by atoms with Crippen LogP contribution in [0.1, 0.15) is 38.5 Å². The van der Waals surface area contributed by atoms with Crippen LogP contribution in [0.3, 0.4) is 0 Å². The van der Waals surface area contributed by atoms with Crippen LogP contribution in [-0.2, 0) is 0 Å². The highest BCUT2D eigenvalue weighted by atomic mass is 32.2. The normalized spacial score (nSPS) is 16.1. The lowest BCUT2D eigenvalue weighted by Crippen LogP contribution is -2.07. The fourth-order valence-electron chi connectivity index (χ4n) is 3.24. The van der Waals surface area contributed by atoms with E-state index in [-0.39, 0.29) is 5.82 Å². The van der Waals surface area contributed by atoms with Crippen LogP contribution in [0.25, 0.3) is 0 Å². The summed E-state index contributed by atoms with van der Waals surface area (Å²) in [5, 5.41) is 3.08. The Morgan fingerprint density at radius 2 is 1.74 bits per heavy atom. The number of thioether (sulfide) groups is 2. The van der Waals surface area contributed by atoms with E-state index in [1.54, 1.807) is 23.9 Å². The number of hydrogen-bond acceptors (Lipinski definition) is 3. The maximum absolute atomic E-state index is 13.0. The first-order valence-corrected chi connectivity index (χ1v) is 11.5. The van der Waals surface area contributed by atoms with E-state index in [1.807, 2.05) is 47.5 Å². The Kier molecular flexibility index (Phi) is 8.50. The molecule has 0 radical (unpaired) electrons. The van der Waals surface area contributed by atoms with Gasteiger partial charge in [0, 0.05) is 4.90 Å².